The molecule has 0 radical (unpaired) electrons. The smallest absolute Gasteiger partial charge is 0.265 e. The Morgan fingerprint density at radius 3 is 2.59 bits per heavy atom. The van der Waals surface area contributed by atoms with Gasteiger partial charge in [0.2, 0.25) is 5.90 Å². The number of ether oxygens (including phenoxy) is 1. The molecular weight excluding hydrogens is 280 g/mol. The van der Waals surface area contributed by atoms with Gasteiger partial charge >= 0.3 is 0 Å². The Bertz CT molecular complexity index is 424. The van der Waals surface area contributed by atoms with Gasteiger partial charge in [-0.3, -0.25) is 5.41 Å². The minimum Gasteiger partial charge on any atom is -0.474 e. The first-order valence-electron chi connectivity index (χ1n) is 4.92. The minimum atomic E-state index is -1.80. The molecule has 0 aliphatic heterocycles. The monoisotopic (exact) mass is 291 g/mol. The maximum atomic E-state index is 7.31. The maximum Gasteiger partial charge on any atom is 0.265 e. The summed E-state index contributed by atoms with van der Waals surface area (Å²) in [4.78, 5) is 0. The van der Waals surface area contributed by atoms with E-state index in [0.717, 1.165) is 5.56 Å². The normalized spacial score (nSPS) is 11.8. The van der Waals surface area contributed by atoms with Crippen LogP contribution in [0.3, 0.4) is 0 Å². The van der Waals surface area contributed by atoms with Crippen LogP contribution in [0.5, 0.6) is 0 Å². The molecule has 1 N–H and O–H groups in total. The average Bonchev–Trinajstić information content (AvgIpc) is 2.25. The predicted molar refractivity (Wildman–Crippen MR) is 74.2 cm³/mol. The Morgan fingerprint density at radius 1 is 1.35 bits per heavy atom. The summed E-state index contributed by atoms with van der Waals surface area (Å²) in [6, 6.07) is 7.94. The Kier molecular flexibility index (Phi) is 5.31. The zero-order valence-corrected chi connectivity index (χ0v) is 11.5. The van der Waals surface area contributed by atoms with Crippen LogP contribution >= 0.6 is 34.8 Å². The molecule has 5 heteroatoms. The number of hydrogen-bond acceptors (Lipinski definition) is 2. The first-order valence-corrected chi connectivity index (χ1v) is 6.05. The van der Waals surface area contributed by atoms with Crippen molar-refractivity contribution in [2.45, 2.75) is 10.7 Å². The third-order valence-corrected chi connectivity index (χ3v) is 2.58. The molecule has 0 aromatic heterocycles. The molecule has 0 bridgehead atoms. The van der Waals surface area contributed by atoms with Crippen molar-refractivity contribution in [2.24, 2.45) is 0 Å². The van der Waals surface area contributed by atoms with Gasteiger partial charge in [0, 0.05) is 0 Å². The first-order chi connectivity index (χ1) is 7.91. The molecule has 0 unspecified atom stereocenters. The standard InChI is InChI=1S/C12H12Cl3NO/c1-9-5-2-3-6-10(9)7-4-8-17-11(16)12(13,14)15/h2-7,16H,8H2,1H3. The molecule has 92 valence electrons. The average molecular weight is 293 g/mol. The van der Waals surface area contributed by atoms with E-state index in [0.29, 0.717) is 0 Å². The Hall–Kier alpha value is -0.700. The van der Waals surface area contributed by atoms with Crippen molar-refractivity contribution in [3.8, 4) is 0 Å². The van der Waals surface area contributed by atoms with Crippen LogP contribution < -0.4 is 0 Å². The lowest BCUT2D eigenvalue weighted by Gasteiger charge is -2.11. The van der Waals surface area contributed by atoms with E-state index in [1.807, 2.05) is 37.3 Å². The molecule has 0 spiro atoms. The summed E-state index contributed by atoms with van der Waals surface area (Å²) in [7, 11) is 0. The number of nitrogens with one attached hydrogen (secondary N) is 1. The summed E-state index contributed by atoms with van der Waals surface area (Å²) in [5, 5.41) is 7.31. The second kappa shape index (κ2) is 6.29. The SMILES string of the molecule is Cc1ccccc1C=CCOC(=N)C(Cl)(Cl)Cl. The van der Waals surface area contributed by atoms with Crippen molar-refractivity contribution >= 4 is 46.8 Å². The molecule has 0 saturated heterocycles. The topological polar surface area (TPSA) is 33.1 Å². The van der Waals surface area contributed by atoms with Gasteiger partial charge in [0.25, 0.3) is 3.79 Å². The van der Waals surface area contributed by atoms with Crippen molar-refractivity contribution in [1.29, 1.82) is 5.41 Å². The highest BCUT2D eigenvalue weighted by Crippen LogP contribution is 2.27. The second-order valence-electron chi connectivity index (χ2n) is 3.40. The van der Waals surface area contributed by atoms with E-state index in [2.05, 4.69) is 0 Å². The fourth-order valence-corrected chi connectivity index (χ4v) is 1.33. The molecule has 1 aromatic rings. The quantitative estimate of drug-likeness (QED) is 0.501. The van der Waals surface area contributed by atoms with Crippen LogP contribution in [0.1, 0.15) is 11.1 Å². The van der Waals surface area contributed by atoms with E-state index >= 15 is 0 Å². The molecule has 17 heavy (non-hydrogen) atoms. The van der Waals surface area contributed by atoms with E-state index in [-0.39, 0.29) is 12.5 Å². The van der Waals surface area contributed by atoms with E-state index in [1.54, 1.807) is 6.08 Å². The van der Waals surface area contributed by atoms with Gasteiger partial charge in [0.05, 0.1) is 0 Å². The van der Waals surface area contributed by atoms with Crippen LogP contribution in [-0.4, -0.2) is 16.3 Å². The fourth-order valence-electron chi connectivity index (χ4n) is 1.16. The van der Waals surface area contributed by atoms with Crippen LogP contribution in [0.25, 0.3) is 6.08 Å². The number of benzene rings is 1. The summed E-state index contributed by atoms with van der Waals surface area (Å²) >= 11 is 16.4. The number of hydrogen-bond donors (Lipinski definition) is 1. The van der Waals surface area contributed by atoms with Gasteiger partial charge in [-0.15, -0.1) is 0 Å². The van der Waals surface area contributed by atoms with Gasteiger partial charge in [-0.05, 0) is 24.1 Å². The molecule has 0 atom stereocenters. The highest BCUT2D eigenvalue weighted by atomic mass is 35.6. The molecule has 0 saturated carbocycles. The zero-order chi connectivity index (χ0) is 12.9. The van der Waals surface area contributed by atoms with Crippen molar-refractivity contribution in [3.63, 3.8) is 0 Å². The summed E-state index contributed by atoms with van der Waals surface area (Å²) in [5.41, 5.74) is 2.26. The van der Waals surface area contributed by atoms with Gasteiger partial charge in [-0.25, -0.2) is 0 Å². The van der Waals surface area contributed by atoms with E-state index in [4.69, 9.17) is 44.9 Å². The molecule has 2 nitrogen and oxygen atoms in total. The summed E-state index contributed by atoms with van der Waals surface area (Å²) in [6.45, 7) is 2.21. The van der Waals surface area contributed by atoms with Gasteiger partial charge < -0.3 is 4.74 Å². The number of rotatable bonds is 3. The fraction of sp³-hybridized carbons (Fsp3) is 0.250. The molecular formula is C12H12Cl3NO. The van der Waals surface area contributed by atoms with Gasteiger partial charge in [0.15, 0.2) is 0 Å². The first kappa shape index (κ1) is 14.4. The second-order valence-corrected chi connectivity index (χ2v) is 5.68. The van der Waals surface area contributed by atoms with Crippen LogP contribution in [0.4, 0.5) is 0 Å². The van der Waals surface area contributed by atoms with Crippen LogP contribution in [-0.2, 0) is 4.74 Å². The van der Waals surface area contributed by atoms with E-state index in [1.165, 1.54) is 5.56 Å². The Labute approximate surface area is 116 Å². The number of aryl methyl sites for hydroxylation is 1. The zero-order valence-electron chi connectivity index (χ0n) is 9.21. The lowest BCUT2D eigenvalue weighted by molar-refractivity contribution is 0.341. The van der Waals surface area contributed by atoms with Gasteiger partial charge in [-0.1, -0.05) is 65.1 Å². The third kappa shape index (κ3) is 4.99. The van der Waals surface area contributed by atoms with Crippen molar-refractivity contribution in [1.82, 2.24) is 0 Å². The van der Waals surface area contributed by atoms with E-state index < -0.39 is 3.79 Å². The van der Waals surface area contributed by atoms with Crippen molar-refractivity contribution in [3.05, 3.63) is 41.5 Å². The van der Waals surface area contributed by atoms with Gasteiger partial charge in [-0.2, -0.15) is 0 Å². The molecule has 0 aliphatic rings. The third-order valence-electron chi connectivity index (χ3n) is 2.07. The number of alkyl halides is 3. The van der Waals surface area contributed by atoms with Crippen molar-refractivity contribution in [2.75, 3.05) is 6.61 Å². The molecule has 0 amide bonds. The maximum absolute atomic E-state index is 7.31. The summed E-state index contributed by atoms with van der Waals surface area (Å²) in [5.74, 6) is -0.378. The predicted octanol–water partition coefficient (Wildman–Crippen LogP) is 4.37. The Morgan fingerprint density at radius 2 is 2.00 bits per heavy atom. The molecule has 0 aliphatic carbocycles. The van der Waals surface area contributed by atoms with E-state index in [9.17, 15) is 0 Å². The van der Waals surface area contributed by atoms with Gasteiger partial charge in [0.1, 0.15) is 6.61 Å². The molecule has 1 aromatic carbocycles. The Balaban J connectivity index is 2.47. The lowest BCUT2D eigenvalue weighted by atomic mass is 10.1. The largest absolute Gasteiger partial charge is 0.474 e. The molecule has 0 fully saturated rings. The van der Waals surface area contributed by atoms with Crippen LogP contribution in [0, 0.1) is 12.3 Å². The van der Waals surface area contributed by atoms with Crippen LogP contribution in [0.2, 0.25) is 0 Å². The molecule has 1 rings (SSSR count). The highest BCUT2D eigenvalue weighted by Gasteiger charge is 2.28. The minimum absolute atomic E-state index is 0.196. The summed E-state index contributed by atoms with van der Waals surface area (Å²) < 4.78 is 3.17. The molecule has 0 heterocycles. The highest BCUT2D eigenvalue weighted by molar-refractivity contribution is 6.76. The van der Waals surface area contributed by atoms with Crippen LogP contribution in [0.15, 0.2) is 30.3 Å². The van der Waals surface area contributed by atoms with Crippen molar-refractivity contribution < 1.29 is 4.74 Å². The summed E-state index contributed by atoms with van der Waals surface area (Å²) in [6.07, 6.45) is 3.67. The lowest BCUT2D eigenvalue weighted by Crippen LogP contribution is -2.21. The number of halogens is 3.